The summed E-state index contributed by atoms with van der Waals surface area (Å²) in [5.74, 6) is -0.0481. The number of Topliss-reactive ketones (excluding diaryl/α,β-unsaturated/α-hetero) is 1. The summed E-state index contributed by atoms with van der Waals surface area (Å²) >= 11 is 6.23. The molecule has 1 atom stereocenters. The number of amides is 2. The van der Waals surface area contributed by atoms with Crippen LogP contribution in [0.2, 0.25) is 5.02 Å². The zero-order valence-corrected chi connectivity index (χ0v) is 24.4. The summed E-state index contributed by atoms with van der Waals surface area (Å²) in [4.78, 5) is 39.8. The predicted octanol–water partition coefficient (Wildman–Crippen LogP) is 6.89. The van der Waals surface area contributed by atoms with Crippen LogP contribution < -0.4 is 5.32 Å². The third kappa shape index (κ3) is 6.57. The van der Waals surface area contributed by atoms with E-state index in [4.69, 9.17) is 21.1 Å². The first kappa shape index (κ1) is 28.7. The Balaban J connectivity index is 1.16. The highest BCUT2D eigenvalue weighted by Crippen LogP contribution is 2.44. The van der Waals surface area contributed by atoms with Gasteiger partial charge in [-0.25, -0.2) is 9.59 Å². The minimum absolute atomic E-state index is 0.0178. The first-order chi connectivity index (χ1) is 19.6. The lowest BCUT2D eigenvalue weighted by Gasteiger charge is -2.39. The summed E-state index contributed by atoms with van der Waals surface area (Å²) in [5.41, 5.74) is 5.77. The van der Waals surface area contributed by atoms with E-state index in [-0.39, 0.29) is 31.3 Å². The number of fused-ring (bicyclic) bond motifs is 3. The molecule has 5 rings (SSSR count). The third-order valence-corrected chi connectivity index (χ3v) is 7.83. The summed E-state index contributed by atoms with van der Waals surface area (Å²) < 4.78 is 11.1. The van der Waals surface area contributed by atoms with Crippen molar-refractivity contribution in [2.75, 3.05) is 13.2 Å². The monoisotopic (exact) mass is 574 g/mol. The summed E-state index contributed by atoms with van der Waals surface area (Å²) in [6, 6.07) is 21.3. The summed E-state index contributed by atoms with van der Waals surface area (Å²) in [6.45, 7) is 6.38. The molecule has 1 N–H and O–H groups in total. The molecule has 7 nitrogen and oxygen atoms in total. The van der Waals surface area contributed by atoms with Gasteiger partial charge in [0.05, 0.1) is 6.04 Å². The Hall–Kier alpha value is -3.84. The van der Waals surface area contributed by atoms with Crippen LogP contribution in [0.3, 0.4) is 0 Å². The topological polar surface area (TPSA) is 84.9 Å². The van der Waals surface area contributed by atoms with Gasteiger partial charge in [0.25, 0.3) is 0 Å². The zero-order chi connectivity index (χ0) is 29.1. The van der Waals surface area contributed by atoms with Crippen molar-refractivity contribution in [2.24, 2.45) is 0 Å². The van der Waals surface area contributed by atoms with Gasteiger partial charge in [0, 0.05) is 30.5 Å². The second kappa shape index (κ2) is 12.0. The van der Waals surface area contributed by atoms with Gasteiger partial charge in [0.2, 0.25) is 0 Å². The number of halogens is 1. The predicted molar refractivity (Wildman–Crippen MR) is 158 cm³/mol. The van der Waals surface area contributed by atoms with Gasteiger partial charge in [-0.1, -0.05) is 66.2 Å². The second-order valence-electron chi connectivity index (χ2n) is 11.5. The van der Waals surface area contributed by atoms with Crippen LogP contribution in [0.25, 0.3) is 11.1 Å². The average Bonchev–Trinajstić information content (AvgIpc) is 3.22. The van der Waals surface area contributed by atoms with Crippen molar-refractivity contribution in [3.63, 3.8) is 0 Å². The molecular weight excluding hydrogens is 540 g/mol. The number of hydrogen-bond donors (Lipinski definition) is 1. The molecule has 0 spiro atoms. The van der Waals surface area contributed by atoms with Crippen molar-refractivity contribution in [3.05, 3.63) is 94.0 Å². The van der Waals surface area contributed by atoms with E-state index in [1.165, 1.54) is 16.0 Å². The molecule has 1 fully saturated rings. The lowest BCUT2D eigenvalue weighted by molar-refractivity contribution is -0.127. The second-order valence-corrected chi connectivity index (χ2v) is 12.0. The van der Waals surface area contributed by atoms with Gasteiger partial charge in [-0.2, -0.15) is 0 Å². The smallest absolute Gasteiger partial charge is 0.410 e. The van der Waals surface area contributed by atoms with Crippen LogP contribution in [0, 0.1) is 0 Å². The number of alkyl carbamates (subject to hydrolysis) is 1. The number of carbonyl (C=O) groups is 3. The van der Waals surface area contributed by atoms with Crippen LogP contribution in [0.5, 0.6) is 0 Å². The molecule has 0 unspecified atom stereocenters. The summed E-state index contributed by atoms with van der Waals surface area (Å²) in [5, 5.41) is 3.31. The number of benzene rings is 3. The number of rotatable bonds is 8. The van der Waals surface area contributed by atoms with E-state index in [1.54, 1.807) is 26.8 Å². The van der Waals surface area contributed by atoms with Crippen LogP contribution in [0.1, 0.15) is 61.8 Å². The lowest BCUT2D eigenvalue weighted by atomic mass is 9.93. The van der Waals surface area contributed by atoms with Gasteiger partial charge in [0.15, 0.2) is 5.78 Å². The van der Waals surface area contributed by atoms with Crippen LogP contribution >= 0.6 is 11.6 Å². The highest BCUT2D eigenvalue weighted by atomic mass is 35.5. The normalized spacial score (nSPS) is 15.9. The molecule has 1 heterocycles. The Morgan fingerprint density at radius 3 is 2.22 bits per heavy atom. The van der Waals surface area contributed by atoms with Gasteiger partial charge in [0.1, 0.15) is 12.2 Å². The number of nitrogens with zero attached hydrogens (tertiary/aromatic N) is 1. The van der Waals surface area contributed by atoms with Crippen molar-refractivity contribution in [1.29, 1.82) is 0 Å². The van der Waals surface area contributed by atoms with E-state index < -0.39 is 23.8 Å². The van der Waals surface area contributed by atoms with Crippen LogP contribution in [0.4, 0.5) is 9.59 Å². The molecular formula is C33H35ClN2O5. The quantitative estimate of drug-likeness (QED) is 0.317. The molecule has 8 heteroatoms. The van der Waals surface area contributed by atoms with Gasteiger partial charge >= 0.3 is 12.2 Å². The molecule has 1 saturated heterocycles. The molecule has 0 saturated carbocycles. The maximum atomic E-state index is 13.1. The number of ketones is 1. The fourth-order valence-corrected chi connectivity index (χ4v) is 5.72. The number of nitrogens with one attached hydrogen (secondary N) is 1. The highest BCUT2D eigenvalue weighted by molar-refractivity contribution is 6.30. The van der Waals surface area contributed by atoms with E-state index in [2.05, 4.69) is 29.6 Å². The van der Waals surface area contributed by atoms with Crippen LogP contribution in [0.15, 0.2) is 66.7 Å². The van der Waals surface area contributed by atoms with Crippen molar-refractivity contribution in [2.45, 2.75) is 64.1 Å². The number of carbonyl (C=O) groups excluding carboxylic acids is 3. The van der Waals surface area contributed by atoms with E-state index in [9.17, 15) is 14.4 Å². The fraction of sp³-hybridized carbons (Fsp3) is 0.364. The fourth-order valence-electron chi connectivity index (χ4n) is 5.52. The third-order valence-electron chi connectivity index (χ3n) is 7.59. The number of likely N-dealkylation sites (tertiary alicyclic amines) is 1. The Labute approximate surface area is 245 Å². The lowest BCUT2D eigenvalue weighted by Crippen LogP contribution is -2.55. The minimum Gasteiger partial charge on any atom is -0.448 e. The van der Waals surface area contributed by atoms with Crippen LogP contribution in [-0.2, 0) is 27.2 Å². The first-order valence-corrected chi connectivity index (χ1v) is 14.4. The molecule has 214 valence electrons. The molecule has 2 amide bonds. The van der Waals surface area contributed by atoms with Gasteiger partial charge in [-0.05, 0) is 79.1 Å². The van der Waals surface area contributed by atoms with Gasteiger partial charge in [-0.3, -0.25) is 9.69 Å². The first-order valence-electron chi connectivity index (χ1n) is 14.0. The van der Waals surface area contributed by atoms with Crippen molar-refractivity contribution < 1.29 is 23.9 Å². The maximum Gasteiger partial charge on any atom is 0.410 e. The van der Waals surface area contributed by atoms with E-state index >= 15 is 0 Å². The highest BCUT2D eigenvalue weighted by Gasteiger charge is 2.39. The summed E-state index contributed by atoms with van der Waals surface area (Å²) in [6.07, 6.45) is 0.340. The minimum atomic E-state index is -0.596. The molecule has 1 aliphatic heterocycles. The summed E-state index contributed by atoms with van der Waals surface area (Å²) in [7, 11) is 0. The standard InChI is InChI=1S/C33H35ClN2O5/c1-33(2,3)41-31(38)35-19-22-12-14-23(34)18-21(22)13-15-30(37)29-16-17-36(29)32(39)40-20-28-26-10-6-4-8-24(26)25-9-5-7-11-27(25)28/h4-12,14,18,28-29H,13,15-17,19-20H2,1-3H3,(H,35,38)/t29-/m0/s1. The number of aryl methyl sites for hydroxylation is 1. The Bertz CT molecular complexity index is 1420. The SMILES string of the molecule is CC(C)(C)OC(=O)NCc1ccc(Cl)cc1CCC(=O)[C@@H]1CCN1C(=O)OCC1c2ccccc2-c2ccccc21. The Kier molecular flexibility index (Phi) is 8.36. The molecule has 3 aromatic carbocycles. The Morgan fingerprint density at radius 1 is 0.951 bits per heavy atom. The zero-order valence-electron chi connectivity index (χ0n) is 23.6. The molecule has 1 aliphatic carbocycles. The molecule has 0 bridgehead atoms. The molecule has 41 heavy (non-hydrogen) atoms. The Morgan fingerprint density at radius 2 is 1.61 bits per heavy atom. The van der Waals surface area contributed by atoms with Crippen molar-refractivity contribution in [1.82, 2.24) is 10.2 Å². The molecule has 2 aliphatic rings. The number of hydrogen-bond acceptors (Lipinski definition) is 5. The molecule has 0 radical (unpaired) electrons. The van der Waals surface area contributed by atoms with E-state index in [0.717, 1.165) is 22.3 Å². The number of ether oxygens (including phenoxy) is 2. The van der Waals surface area contributed by atoms with Crippen LogP contribution in [-0.4, -0.2) is 47.7 Å². The molecule has 3 aromatic rings. The largest absolute Gasteiger partial charge is 0.448 e. The maximum absolute atomic E-state index is 13.1. The van der Waals surface area contributed by atoms with Crippen molar-refractivity contribution >= 4 is 29.6 Å². The average molecular weight is 575 g/mol. The van der Waals surface area contributed by atoms with Gasteiger partial charge in [-0.15, -0.1) is 0 Å². The van der Waals surface area contributed by atoms with E-state index in [0.29, 0.717) is 24.4 Å². The van der Waals surface area contributed by atoms with Gasteiger partial charge < -0.3 is 14.8 Å². The van der Waals surface area contributed by atoms with Crippen molar-refractivity contribution in [3.8, 4) is 11.1 Å². The van der Waals surface area contributed by atoms with E-state index in [1.807, 2.05) is 36.4 Å². The molecule has 0 aromatic heterocycles.